The van der Waals surface area contributed by atoms with Gasteiger partial charge >= 0.3 is 21.1 Å². The van der Waals surface area contributed by atoms with Gasteiger partial charge in [-0.3, -0.25) is 0 Å². The van der Waals surface area contributed by atoms with Crippen LogP contribution in [0.5, 0.6) is 0 Å². The number of nitrogens with zero attached hydrogens (tertiary/aromatic N) is 2. The van der Waals surface area contributed by atoms with E-state index in [1.165, 1.54) is 6.34 Å². The molecule has 0 N–H and O–H groups in total. The Morgan fingerprint density at radius 3 is 1.59 bits per heavy atom. The van der Waals surface area contributed by atoms with Gasteiger partial charge in [0.1, 0.15) is 0 Å². The third-order valence-electron chi connectivity index (χ3n) is 1.19. The summed E-state index contributed by atoms with van der Waals surface area (Å²) < 4.78 is 0. The summed E-state index contributed by atoms with van der Waals surface area (Å²) in [5.41, 5.74) is 0. The summed E-state index contributed by atoms with van der Waals surface area (Å²) in [5.74, 6) is 0. The van der Waals surface area contributed by atoms with E-state index in [1.807, 2.05) is 30.3 Å². The summed E-state index contributed by atoms with van der Waals surface area (Å²) in [6.07, 6.45) is 5.18. The number of hydrogen-bond donors (Lipinski definition) is 0. The van der Waals surface area contributed by atoms with E-state index in [2.05, 4.69) is 22.3 Å². The third-order valence-corrected chi connectivity index (χ3v) is 1.19. The van der Waals surface area contributed by atoms with Gasteiger partial charge in [0.05, 0.1) is 0 Å². The molecule has 1 aromatic carbocycles. The van der Waals surface area contributed by atoms with Crippen molar-refractivity contribution in [1.29, 1.82) is 0 Å². The van der Waals surface area contributed by atoms with Crippen molar-refractivity contribution in [2.45, 2.75) is 6.42 Å². The summed E-state index contributed by atoms with van der Waals surface area (Å²) in [6.45, 7) is 0.865. The molecule has 0 amide bonds. The van der Waals surface area contributed by atoms with Crippen molar-refractivity contribution in [2.75, 3.05) is 6.54 Å². The largest absolute Gasteiger partial charge is 2.00 e. The molecular formula is C10H10N2W5. The van der Waals surface area contributed by atoms with Crippen LogP contribution < -0.4 is 0 Å². The smallest absolute Gasteiger partial charge is 0.447 e. The third kappa shape index (κ3) is 23.5. The maximum Gasteiger partial charge on any atom is 2.00 e. The van der Waals surface area contributed by atoms with E-state index in [0.29, 0.717) is 0 Å². The zero-order valence-electron chi connectivity index (χ0n) is 8.81. The van der Waals surface area contributed by atoms with Crippen molar-refractivity contribution >= 4 is 12.6 Å². The van der Waals surface area contributed by atoms with Crippen molar-refractivity contribution in [3.63, 3.8) is 0 Å². The topological polar surface area (TPSA) is 24.7 Å². The number of rotatable bonds is 0. The van der Waals surface area contributed by atoms with Crippen molar-refractivity contribution in [1.82, 2.24) is 0 Å². The van der Waals surface area contributed by atoms with Gasteiger partial charge in [0, 0.05) is 90.8 Å². The molecule has 2 nitrogen and oxygen atoms in total. The molecule has 0 saturated heterocycles. The first-order valence-electron chi connectivity index (χ1n) is 3.82. The standard InChI is InChI=1S/C6H5.C4H5N2.5W/c1-2-4-6-5-3-1;1-2-5-4-6-3-1;;;;;/h1-5H;4H,1-2H2;;;;;/q2*-1;;;;;+2. The van der Waals surface area contributed by atoms with Crippen LogP contribution in [0.2, 0.25) is 0 Å². The SMILES string of the molecule is [C-]1=NC=NCC1.[W+2].[W].[W].[W].[W].[c-]1ccccc1. The molecule has 0 aliphatic carbocycles. The zero-order chi connectivity index (χ0) is 8.49. The average Bonchev–Trinajstić information content (AvgIpc) is 2.24. The number of benzene rings is 1. The van der Waals surface area contributed by atoms with Gasteiger partial charge < -0.3 is 9.98 Å². The second kappa shape index (κ2) is 26.5. The van der Waals surface area contributed by atoms with Crippen molar-refractivity contribution in [3.05, 3.63) is 36.4 Å². The van der Waals surface area contributed by atoms with Gasteiger partial charge in [-0.25, -0.2) is 0 Å². The first kappa shape index (κ1) is 31.4. The minimum Gasteiger partial charge on any atom is -0.447 e. The van der Waals surface area contributed by atoms with Crippen molar-refractivity contribution in [3.8, 4) is 0 Å². The fourth-order valence-corrected chi connectivity index (χ4v) is 0.660. The Morgan fingerprint density at radius 2 is 1.47 bits per heavy atom. The van der Waals surface area contributed by atoms with E-state index in [4.69, 9.17) is 0 Å². The molecule has 90 valence electrons. The molecule has 0 spiro atoms. The summed E-state index contributed by atoms with van der Waals surface area (Å²) in [7, 11) is 0. The molecule has 0 aromatic heterocycles. The minimum atomic E-state index is 0. The van der Waals surface area contributed by atoms with Gasteiger partial charge in [-0.05, 0) is 6.34 Å². The Bertz CT molecular complexity index is 215. The van der Waals surface area contributed by atoms with Crippen LogP contribution in [0.3, 0.4) is 0 Å². The average molecular weight is 1080 g/mol. The Morgan fingerprint density at radius 1 is 0.882 bits per heavy atom. The number of hydrogen-bond acceptors (Lipinski definition) is 2. The van der Waals surface area contributed by atoms with Crippen LogP contribution in [0.1, 0.15) is 6.42 Å². The predicted octanol–water partition coefficient (Wildman–Crippen LogP) is 1.84. The molecule has 1 aromatic rings. The summed E-state index contributed by atoms with van der Waals surface area (Å²) in [5, 5.41) is 0. The van der Waals surface area contributed by atoms with Gasteiger partial charge in [-0.15, -0.1) is 0 Å². The normalized spacial score (nSPS) is 9.41. The maximum atomic E-state index is 3.82. The maximum absolute atomic E-state index is 3.82. The van der Waals surface area contributed by atoms with Crippen LogP contribution in [0, 0.1) is 6.07 Å². The molecule has 7 heteroatoms. The summed E-state index contributed by atoms with van der Waals surface area (Å²) in [4.78, 5) is 7.46. The fourth-order valence-electron chi connectivity index (χ4n) is 0.660. The molecular weight excluding hydrogens is 1070 g/mol. The van der Waals surface area contributed by atoms with Gasteiger partial charge in [0.25, 0.3) is 0 Å². The molecule has 0 unspecified atom stereocenters. The van der Waals surface area contributed by atoms with E-state index >= 15 is 0 Å². The van der Waals surface area contributed by atoms with E-state index < -0.39 is 0 Å². The van der Waals surface area contributed by atoms with Crippen LogP contribution in [-0.4, -0.2) is 19.1 Å². The first-order valence-corrected chi connectivity index (χ1v) is 3.82. The van der Waals surface area contributed by atoms with Gasteiger partial charge in [0.15, 0.2) is 0 Å². The molecule has 17 heavy (non-hydrogen) atoms. The van der Waals surface area contributed by atoms with E-state index in [0.717, 1.165) is 13.0 Å². The van der Waals surface area contributed by atoms with E-state index in [9.17, 15) is 0 Å². The van der Waals surface area contributed by atoms with Gasteiger partial charge in [-0.2, -0.15) is 42.6 Å². The van der Waals surface area contributed by atoms with Crippen LogP contribution in [0.25, 0.3) is 0 Å². The van der Waals surface area contributed by atoms with Gasteiger partial charge in [-0.1, -0.05) is 6.42 Å². The molecule has 0 fully saturated rings. The second-order valence-corrected chi connectivity index (χ2v) is 2.14. The quantitative estimate of drug-likeness (QED) is 0.355. The minimum absolute atomic E-state index is 0. The molecule has 0 saturated carbocycles. The Hall–Kier alpha value is 2.00. The van der Waals surface area contributed by atoms with E-state index in [1.54, 1.807) is 0 Å². The molecule has 0 atom stereocenters. The fraction of sp³-hybridized carbons (Fsp3) is 0.200. The van der Waals surface area contributed by atoms with E-state index in [-0.39, 0.29) is 105 Å². The Labute approximate surface area is 175 Å². The van der Waals surface area contributed by atoms with Crippen LogP contribution >= 0.6 is 0 Å². The van der Waals surface area contributed by atoms with Crippen molar-refractivity contribution < 1.29 is 105 Å². The van der Waals surface area contributed by atoms with Crippen LogP contribution in [0.15, 0.2) is 40.3 Å². The second-order valence-electron chi connectivity index (χ2n) is 2.14. The summed E-state index contributed by atoms with van der Waals surface area (Å²) >= 11 is 0. The summed E-state index contributed by atoms with van der Waals surface area (Å²) in [6, 6.07) is 12.5. The van der Waals surface area contributed by atoms with Crippen LogP contribution in [0.4, 0.5) is 0 Å². The molecule has 0 bridgehead atoms. The zero-order valence-corrected chi connectivity index (χ0v) is 23.5. The molecule has 2 rings (SSSR count). The Balaban J connectivity index is -0.0000000436. The predicted molar refractivity (Wildman–Crippen MR) is 50.7 cm³/mol. The number of aliphatic imine (C=N–C) groups is 2. The molecule has 1 heterocycles. The molecule has 0 radical (unpaired) electrons. The van der Waals surface area contributed by atoms with Crippen molar-refractivity contribution in [2.24, 2.45) is 9.98 Å². The molecule has 1 aliphatic rings. The monoisotopic (exact) mass is 1080 g/mol. The van der Waals surface area contributed by atoms with Gasteiger partial charge in [0.2, 0.25) is 0 Å². The molecule has 1 aliphatic heterocycles. The van der Waals surface area contributed by atoms with Crippen LogP contribution in [-0.2, 0) is 105 Å². The Kier molecular flexibility index (Phi) is 49.0. The first-order chi connectivity index (χ1) is 6.00.